The Balaban J connectivity index is 2.35. The maximum Gasteiger partial charge on any atom is 0.242 e. The molecule has 2 aliphatic heterocycles. The summed E-state index contributed by atoms with van der Waals surface area (Å²) in [4.78, 5) is 14.6. The second-order valence-electron chi connectivity index (χ2n) is 2.01. The van der Waals surface area contributed by atoms with E-state index in [1.54, 1.807) is 6.21 Å². The van der Waals surface area contributed by atoms with Crippen LogP contribution in [-0.2, 0) is 9.53 Å². The Morgan fingerprint density at radius 1 is 1.88 bits per heavy atom. The normalized spacial score (nSPS) is 41.8. The summed E-state index contributed by atoms with van der Waals surface area (Å²) in [6, 6.07) is 0. The van der Waals surface area contributed by atoms with Crippen molar-refractivity contribution in [3.8, 4) is 0 Å². The van der Waals surface area contributed by atoms with Crippen LogP contribution in [0, 0.1) is 0 Å². The number of aliphatic imine (C=N–C) groups is 1. The largest absolute Gasteiger partial charge is 0.340 e. The van der Waals surface area contributed by atoms with Crippen molar-refractivity contribution in [3.63, 3.8) is 0 Å². The molecule has 0 aromatic rings. The molecule has 0 saturated carbocycles. The molecule has 1 spiro atoms. The molecule has 2 rings (SSSR count). The molecule has 1 fully saturated rings. The highest BCUT2D eigenvalue weighted by Gasteiger charge is 2.53. The summed E-state index contributed by atoms with van der Waals surface area (Å²) < 4.78 is 4.82. The molecule has 0 bridgehead atoms. The average molecular weight is 111 g/mol. The van der Waals surface area contributed by atoms with E-state index in [2.05, 4.69) is 4.99 Å². The monoisotopic (exact) mass is 111 g/mol. The number of ketones is 1. The van der Waals surface area contributed by atoms with Gasteiger partial charge in [-0.05, 0) is 0 Å². The minimum absolute atomic E-state index is 0.109. The maximum absolute atomic E-state index is 10.7. The van der Waals surface area contributed by atoms with E-state index in [1.165, 1.54) is 0 Å². The van der Waals surface area contributed by atoms with E-state index in [0.29, 0.717) is 13.0 Å². The number of rotatable bonds is 0. The van der Waals surface area contributed by atoms with Gasteiger partial charge in [-0.25, -0.2) is 0 Å². The van der Waals surface area contributed by atoms with E-state index in [4.69, 9.17) is 4.74 Å². The van der Waals surface area contributed by atoms with Gasteiger partial charge in [-0.1, -0.05) is 0 Å². The highest BCUT2D eigenvalue weighted by atomic mass is 16.6. The van der Waals surface area contributed by atoms with Crippen LogP contribution >= 0.6 is 0 Å². The molecule has 0 aromatic heterocycles. The van der Waals surface area contributed by atoms with Gasteiger partial charge in [0.05, 0.1) is 0 Å². The quantitative estimate of drug-likeness (QED) is 0.405. The van der Waals surface area contributed by atoms with E-state index >= 15 is 0 Å². The van der Waals surface area contributed by atoms with Gasteiger partial charge >= 0.3 is 0 Å². The fourth-order valence-electron chi connectivity index (χ4n) is 0.811. The summed E-state index contributed by atoms with van der Waals surface area (Å²) in [6.07, 6.45) is 2.08. The van der Waals surface area contributed by atoms with Crippen LogP contribution in [0.15, 0.2) is 4.99 Å². The lowest BCUT2D eigenvalue weighted by Gasteiger charge is -1.89. The number of carbonyl (C=O) groups is 1. The first-order chi connectivity index (χ1) is 3.83. The third-order valence-electron chi connectivity index (χ3n) is 1.43. The SMILES string of the molecule is O=C1CC=NC12CO2. The Kier molecular flexibility index (Phi) is 0.526. The topological polar surface area (TPSA) is 42.0 Å². The third kappa shape index (κ3) is 0.327. The molecule has 3 nitrogen and oxygen atoms in total. The minimum atomic E-state index is -0.667. The van der Waals surface area contributed by atoms with Gasteiger partial charge in [-0.15, -0.1) is 0 Å². The first kappa shape index (κ1) is 4.21. The molecule has 1 atom stereocenters. The number of hydrogen-bond donors (Lipinski definition) is 0. The first-order valence-electron chi connectivity index (χ1n) is 2.54. The van der Waals surface area contributed by atoms with Crippen molar-refractivity contribution >= 4 is 12.0 Å². The third-order valence-corrected chi connectivity index (χ3v) is 1.43. The Hall–Kier alpha value is -0.700. The smallest absolute Gasteiger partial charge is 0.242 e. The second kappa shape index (κ2) is 1.00. The lowest BCUT2D eigenvalue weighted by Crippen LogP contribution is -2.15. The summed E-state index contributed by atoms with van der Waals surface area (Å²) >= 11 is 0. The van der Waals surface area contributed by atoms with Crippen molar-refractivity contribution < 1.29 is 9.53 Å². The molecule has 0 radical (unpaired) electrons. The molecule has 0 amide bonds. The van der Waals surface area contributed by atoms with Crippen molar-refractivity contribution in [1.82, 2.24) is 0 Å². The predicted molar refractivity (Wildman–Crippen MR) is 26.8 cm³/mol. The van der Waals surface area contributed by atoms with Crippen LogP contribution < -0.4 is 0 Å². The Morgan fingerprint density at radius 3 is 2.88 bits per heavy atom. The van der Waals surface area contributed by atoms with Gasteiger partial charge in [-0.2, -0.15) is 0 Å². The number of epoxide rings is 1. The first-order valence-corrected chi connectivity index (χ1v) is 2.54. The van der Waals surface area contributed by atoms with E-state index < -0.39 is 5.72 Å². The zero-order valence-electron chi connectivity index (χ0n) is 4.26. The van der Waals surface area contributed by atoms with E-state index in [-0.39, 0.29) is 5.78 Å². The van der Waals surface area contributed by atoms with E-state index in [9.17, 15) is 4.79 Å². The van der Waals surface area contributed by atoms with Crippen LogP contribution in [-0.4, -0.2) is 24.3 Å². The van der Waals surface area contributed by atoms with Gasteiger partial charge in [0, 0.05) is 12.6 Å². The number of nitrogens with zero attached hydrogens (tertiary/aromatic N) is 1. The zero-order valence-corrected chi connectivity index (χ0v) is 4.26. The number of hydrogen-bond acceptors (Lipinski definition) is 3. The number of ether oxygens (including phenoxy) is 1. The minimum Gasteiger partial charge on any atom is -0.340 e. The van der Waals surface area contributed by atoms with Crippen LogP contribution in [0.25, 0.3) is 0 Å². The maximum atomic E-state index is 10.7. The molecule has 8 heavy (non-hydrogen) atoms. The molecule has 2 heterocycles. The summed E-state index contributed by atoms with van der Waals surface area (Å²) in [5, 5.41) is 0. The van der Waals surface area contributed by atoms with E-state index in [1.807, 2.05) is 0 Å². The second-order valence-corrected chi connectivity index (χ2v) is 2.01. The predicted octanol–water partition coefficient (Wildman–Crippen LogP) is -0.244. The van der Waals surface area contributed by atoms with Gasteiger partial charge in [0.15, 0.2) is 5.78 Å². The summed E-state index contributed by atoms with van der Waals surface area (Å²) in [6.45, 7) is 0.502. The van der Waals surface area contributed by atoms with Crippen LogP contribution in [0.1, 0.15) is 6.42 Å². The molecule has 0 aliphatic carbocycles. The molecule has 0 aromatic carbocycles. The van der Waals surface area contributed by atoms with E-state index in [0.717, 1.165) is 0 Å². The average Bonchev–Trinajstić information content (AvgIpc) is 2.39. The molecular weight excluding hydrogens is 106 g/mol. The Morgan fingerprint density at radius 2 is 2.62 bits per heavy atom. The van der Waals surface area contributed by atoms with Gasteiger partial charge in [-0.3, -0.25) is 9.79 Å². The van der Waals surface area contributed by atoms with Crippen molar-refractivity contribution in [2.45, 2.75) is 12.1 Å². The molecule has 42 valence electrons. The molecule has 1 saturated heterocycles. The zero-order chi connectivity index (χ0) is 5.61. The van der Waals surface area contributed by atoms with Crippen molar-refractivity contribution in [1.29, 1.82) is 0 Å². The van der Waals surface area contributed by atoms with Crippen LogP contribution in [0.2, 0.25) is 0 Å². The molecule has 2 aliphatic rings. The Labute approximate surface area is 46.4 Å². The fourth-order valence-corrected chi connectivity index (χ4v) is 0.811. The Bertz CT molecular complexity index is 169. The number of Topliss-reactive ketones (excluding diaryl/α,β-unsaturated/α-hetero) is 1. The molecule has 3 heteroatoms. The van der Waals surface area contributed by atoms with Gasteiger partial charge in [0.2, 0.25) is 5.72 Å². The van der Waals surface area contributed by atoms with Gasteiger partial charge < -0.3 is 4.74 Å². The van der Waals surface area contributed by atoms with Gasteiger partial charge in [0.25, 0.3) is 0 Å². The highest BCUT2D eigenvalue weighted by molar-refractivity contribution is 6.03. The fraction of sp³-hybridized carbons (Fsp3) is 0.600. The molecular formula is C5H5NO2. The summed E-state index contributed by atoms with van der Waals surface area (Å²) in [5.74, 6) is 0.109. The van der Waals surface area contributed by atoms with Crippen molar-refractivity contribution in [2.75, 3.05) is 6.61 Å². The lowest BCUT2D eigenvalue weighted by molar-refractivity contribution is -0.121. The highest BCUT2D eigenvalue weighted by Crippen LogP contribution is 2.33. The van der Waals surface area contributed by atoms with Crippen LogP contribution in [0.4, 0.5) is 0 Å². The van der Waals surface area contributed by atoms with Gasteiger partial charge in [0.1, 0.15) is 6.61 Å². The number of carbonyl (C=O) groups excluding carboxylic acids is 1. The summed E-state index contributed by atoms with van der Waals surface area (Å²) in [7, 11) is 0. The lowest BCUT2D eigenvalue weighted by atomic mass is 10.2. The van der Waals surface area contributed by atoms with Crippen LogP contribution in [0.5, 0.6) is 0 Å². The van der Waals surface area contributed by atoms with Crippen LogP contribution in [0.3, 0.4) is 0 Å². The summed E-state index contributed by atoms with van der Waals surface area (Å²) in [5.41, 5.74) is -0.667. The molecule has 1 unspecified atom stereocenters. The van der Waals surface area contributed by atoms with Crippen molar-refractivity contribution in [3.05, 3.63) is 0 Å². The molecule has 0 N–H and O–H groups in total. The van der Waals surface area contributed by atoms with Crippen molar-refractivity contribution in [2.24, 2.45) is 4.99 Å². The standard InChI is InChI=1S/C5H5NO2/c7-4-1-2-6-5(4)3-8-5/h2H,1,3H2.